The maximum absolute atomic E-state index is 12.1. The lowest BCUT2D eigenvalue weighted by Crippen LogP contribution is -2.18. The van der Waals surface area contributed by atoms with Gasteiger partial charge in [0.25, 0.3) is 10.0 Å². The highest BCUT2D eigenvalue weighted by Gasteiger charge is 2.12. The first-order chi connectivity index (χ1) is 11.3. The van der Waals surface area contributed by atoms with Crippen molar-refractivity contribution in [2.24, 2.45) is 5.10 Å². The molecule has 128 valence electrons. The van der Waals surface area contributed by atoms with E-state index >= 15 is 0 Å². The topological polar surface area (TPSA) is 67.8 Å². The summed E-state index contributed by atoms with van der Waals surface area (Å²) in [6.45, 7) is 3.80. The number of benzene rings is 2. The van der Waals surface area contributed by atoms with Crippen molar-refractivity contribution in [2.75, 3.05) is 0 Å². The summed E-state index contributed by atoms with van der Waals surface area (Å²) >= 11 is 11.9. The molecule has 8 heteroatoms. The number of hydrogen-bond acceptors (Lipinski definition) is 4. The van der Waals surface area contributed by atoms with Crippen LogP contribution < -0.4 is 9.57 Å². The van der Waals surface area contributed by atoms with Crippen molar-refractivity contribution >= 4 is 39.4 Å². The van der Waals surface area contributed by atoms with Gasteiger partial charge in [0.2, 0.25) is 0 Å². The van der Waals surface area contributed by atoms with Crippen LogP contribution in [0.2, 0.25) is 10.0 Å². The normalized spacial score (nSPS) is 11.9. The zero-order valence-electron chi connectivity index (χ0n) is 13.0. The largest absolute Gasteiger partial charge is 0.489 e. The van der Waals surface area contributed by atoms with E-state index in [1.165, 1.54) is 30.5 Å². The zero-order chi connectivity index (χ0) is 17.7. The molecule has 2 aromatic carbocycles. The third-order valence-corrected chi connectivity index (χ3v) is 4.61. The average Bonchev–Trinajstić information content (AvgIpc) is 2.50. The minimum Gasteiger partial charge on any atom is -0.489 e. The Hall–Kier alpha value is -1.76. The average molecular weight is 387 g/mol. The second kappa shape index (κ2) is 7.88. The lowest BCUT2D eigenvalue weighted by Gasteiger charge is -2.11. The first-order valence-electron chi connectivity index (χ1n) is 7.04. The van der Waals surface area contributed by atoms with Gasteiger partial charge in [0.15, 0.2) is 0 Å². The van der Waals surface area contributed by atoms with Gasteiger partial charge in [-0.15, -0.1) is 0 Å². The molecule has 0 atom stereocenters. The lowest BCUT2D eigenvalue weighted by atomic mass is 10.2. The SMILES string of the molecule is CC(C)Oc1ccc(/C=N/NS(=O)(=O)c2ccc(Cl)cc2)cc1Cl. The number of ether oxygens (including phenoxy) is 1. The quantitative estimate of drug-likeness (QED) is 0.600. The Labute approximate surface area is 151 Å². The van der Waals surface area contributed by atoms with Gasteiger partial charge >= 0.3 is 0 Å². The summed E-state index contributed by atoms with van der Waals surface area (Å²) in [5.74, 6) is 0.561. The van der Waals surface area contributed by atoms with E-state index in [4.69, 9.17) is 27.9 Å². The maximum Gasteiger partial charge on any atom is 0.276 e. The molecule has 0 saturated carbocycles. The second-order valence-corrected chi connectivity index (χ2v) is 7.67. The number of hydrogen-bond donors (Lipinski definition) is 1. The summed E-state index contributed by atoms with van der Waals surface area (Å²) < 4.78 is 29.7. The molecule has 0 saturated heterocycles. The number of nitrogens with one attached hydrogen (secondary N) is 1. The molecule has 1 N–H and O–H groups in total. The van der Waals surface area contributed by atoms with Crippen LogP contribution in [0.5, 0.6) is 5.75 Å². The van der Waals surface area contributed by atoms with Crippen LogP contribution in [0.4, 0.5) is 0 Å². The molecular formula is C16H16Cl2N2O3S. The molecule has 5 nitrogen and oxygen atoms in total. The number of rotatable bonds is 6. The van der Waals surface area contributed by atoms with Gasteiger partial charge in [-0.3, -0.25) is 0 Å². The minimum atomic E-state index is -3.75. The second-order valence-electron chi connectivity index (χ2n) is 5.16. The lowest BCUT2D eigenvalue weighted by molar-refractivity contribution is 0.242. The summed E-state index contributed by atoms with van der Waals surface area (Å²) in [4.78, 5) is 2.21. The molecule has 0 heterocycles. The van der Waals surface area contributed by atoms with E-state index in [1.54, 1.807) is 18.2 Å². The van der Waals surface area contributed by atoms with Crippen molar-refractivity contribution in [1.29, 1.82) is 0 Å². The zero-order valence-corrected chi connectivity index (χ0v) is 15.4. The molecule has 24 heavy (non-hydrogen) atoms. The highest BCUT2D eigenvalue weighted by molar-refractivity contribution is 7.89. The minimum absolute atomic E-state index is 0.00759. The molecule has 0 unspecified atom stereocenters. The van der Waals surface area contributed by atoms with E-state index in [1.807, 2.05) is 13.8 Å². The molecule has 0 aliphatic carbocycles. The van der Waals surface area contributed by atoms with E-state index in [0.717, 1.165) is 0 Å². The number of hydrazone groups is 1. The molecule has 2 rings (SSSR count). The van der Waals surface area contributed by atoms with Crippen LogP contribution in [0, 0.1) is 0 Å². The number of sulfonamides is 1. The van der Waals surface area contributed by atoms with Crippen molar-refractivity contribution in [3.63, 3.8) is 0 Å². The van der Waals surface area contributed by atoms with Crippen LogP contribution in [-0.4, -0.2) is 20.7 Å². The van der Waals surface area contributed by atoms with Gasteiger partial charge in [0.05, 0.1) is 22.2 Å². The van der Waals surface area contributed by atoms with Crippen LogP contribution in [0.15, 0.2) is 52.5 Å². The third kappa shape index (κ3) is 5.12. The first-order valence-corrected chi connectivity index (χ1v) is 9.28. The summed E-state index contributed by atoms with van der Waals surface area (Å²) in [7, 11) is -3.75. The van der Waals surface area contributed by atoms with E-state index in [9.17, 15) is 8.42 Å². The van der Waals surface area contributed by atoms with Crippen molar-refractivity contribution in [3.05, 3.63) is 58.1 Å². The van der Waals surface area contributed by atoms with Crippen LogP contribution in [0.3, 0.4) is 0 Å². The van der Waals surface area contributed by atoms with Gasteiger partial charge in [-0.2, -0.15) is 13.5 Å². The highest BCUT2D eigenvalue weighted by Crippen LogP contribution is 2.25. The smallest absolute Gasteiger partial charge is 0.276 e. The van der Waals surface area contributed by atoms with Gasteiger partial charge in [0, 0.05) is 5.02 Å². The Kier molecular flexibility index (Phi) is 6.10. The molecule has 2 aromatic rings. The fourth-order valence-electron chi connectivity index (χ4n) is 1.78. The predicted molar refractivity (Wildman–Crippen MR) is 96.6 cm³/mol. The van der Waals surface area contributed by atoms with Gasteiger partial charge in [0.1, 0.15) is 5.75 Å². The standard InChI is InChI=1S/C16H16Cl2N2O3S/c1-11(2)23-16-8-3-12(9-15(16)18)10-19-20-24(21,22)14-6-4-13(17)5-7-14/h3-11,20H,1-2H3/b19-10+. The van der Waals surface area contributed by atoms with Crippen LogP contribution in [0.1, 0.15) is 19.4 Å². The highest BCUT2D eigenvalue weighted by atomic mass is 35.5. The predicted octanol–water partition coefficient (Wildman–Crippen LogP) is 4.09. The molecular weight excluding hydrogens is 371 g/mol. The van der Waals surface area contributed by atoms with Gasteiger partial charge < -0.3 is 4.74 Å². The van der Waals surface area contributed by atoms with E-state index in [-0.39, 0.29) is 11.0 Å². The Morgan fingerprint density at radius 2 is 1.79 bits per heavy atom. The third-order valence-electron chi connectivity index (χ3n) is 2.83. The van der Waals surface area contributed by atoms with Gasteiger partial charge in [-0.05, 0) is 61.9 Å². The molecule has 0 aliphatic heterocycles. The Balaban J connectivity index is 2.08. The molecule has 0 aromatic heterocycles. The Morgan fingerprint density at radius 1 is 1.12 bits per heavy atom. The molecule has 0 aliphatic rings. The molecule has 0 radical (unpaired) electrons. The Morgan fingerprint density at radius 3 is 2.38 bits per heavy atom. The number of halogens is 2. The van der Waals surface area contributed by atoms with Crippen molar-refractivity contribution in [3.8, 4) is 5.75 Å². The van der Waals surface area contributed by atoms with Crippen molar-refractivity contribution in [2.45, 2.75) is 24.8 Å². The number of nitrogens with zero attached hydrogens (tertiary/aromatic N) is 1. The maximum atomic E-state index is 12.1. The summed E-state index contributed by atoms with van der Waals surface area (Å²) in [5.41, 5.74) is 0.634. The molecule has 0 fully saturated rings. The summed E-state index contributed by atoms with van der Waals surface area (Å²) in [5, 5.41) is 4.63. The van der Waals surface area contributed by atoms with Gasteiger partial charge in [-0.1, -0.05) is 23.2 Å². The van der Waals surface area contributed by atoms with Crippen LogP contribution in [0.25, 0.3) is 0 Å². The molecule has 0 amide bonds. The Bertz CT molecular complexity index is 835. The van der Waals surface area contributed by atoms with E-state index in [2.05, 4.69) is 9.93 Å². The van der Waals surface area contributed by atoms with Crippen LogP contribution >= 0.6 is 23.2 Å². The van der Waals surface area contributed by atoms with Crippen LogP contribution in [-0.2, 0) is 10.0 Å². The van der Waals surface area contributed by atoms with E-state index < -0.39 is 10.0 Å². The summed E-state index contributed by atoms with van der Waals surface area (Å²) in [6.07, 6.45) is 1.37. The first kappa shape index (κ1) is 18.6. The van der Waals surface area contributed by atoms with E-state index in [0.29, 0.717) is 21.4 Å². The fraction of sp³-hybridized carbons (Fsp3) is 0.188. The van der Waals surface area contributed by atoms with Gasteiger partial charge in [-0.25, -0.2) is 4.83 Å². The fourth-order valence-corrected chi connectivity index (χ4v) is 2.93. The molecule has 0 bridgehead atoms. The molecule has 0 spiro atoms. The summed E-state index contributed by atoms with van der Waals surface area (Å²) in [6, 6.07) is 10.9. The monoisotopic (exact) mass is 386 g/mol. The van der Waals surface area contributed by atoms with Crippen molar-refractivity contribution < 1.29 is 13.2 Å². The van der Waals surface area contributed by atoms with Crippen molar-refractivity contribution in [1.82, 2.24) is 4.83 Å².